The van der Waals surface area contributed by atoms with Gasteiger partial charge in [0.1, 0.15) is 12.4 Å². The zero-order chi connectivity index (χ0) is 19.9. The van der Waals surface area contributed by atoms with Gasteiger partial charge in [0.15, 0.2) is 0 Å². The summed E-state index contributed by atoms with van der Waals surface area (Å²) in [5.41, 5.74) is 7.38. The van der Waals surface area contributed by atoms with E-state index in [1.165, 1.54) is 0 Å². The van der Waals surface area contributed by atoms with Gasteiger partial charge in [-0.05, 0) is 43.3 Å². The van der Waals surface area contributed by atoms with Crippen molar-refractivity contribution in [2.75, 3.05) is 37.7 Å². The maximum atomic E-state index is 11.4. The van der Waals surface area contributed by atoms with E-state index in [0.717, 1.165) is 24.8 Å². The summed E-state index contributed by atoms with van der Waals surface area (Å²) in [5.74, 6) is -0.0138. The largest absolute Gasteiger partial charge is 0.491 e. The van der Waals surface area contributed by atoms with Crippen molar-refractivity contribution in [3.8, 4) is 5.75 Å². The SMILES string of the molecule is CN(CCOc1ccccc1C(N)=O)CCc1ccc(NS(C)(=O)=O)cc1. The number of benzene rings is 2. The number of likely N-dealkylation sites (N-methyl/N-ethyl adjacent to an activating group) is 1. The minimum absolute atomic E-state index is 0.378. The van der Waals surface area contributed by atoms with Crippen molar-refractivity contribution < 1.29 is 17.9 Å². The molecule has 27 heavy (non-hydrogen) atoms. The van der Waals surface area contributed by atoms with Gasteiger partial charge in [-0.2, -0.15) is 0 Å². The van der Waals surface area contributed by atoms with Crippen molar-refractivity contribution in [2.45, 2.75) is 6.42 Å². The number of nitrogens with two attached hydrogens (primary N) is 1. The molecule has 0 aliphatic heterocycles. The van der Waals surface area contributed by atoms with Crippen molar-refractivity contribution in [1.82, 2.24) is 4.90 Å². The summed E-state index contributed by atoms with van der Waals surface area (Å²) in [6, 6.07) is 14.2. The Hall–Kier alpha value is -2.58. The van der Waals surface area contributed by atoms with Gasteiger partial charge in [-0.3, -0.25) is 9.52 Å². The molecule has 0 aliphatic rings. The van der Waals surface area contributed by atoms with Crippen molar-refractivity contribution >= 4 is 21.6 Å². The number of primary amides is 1. The number of carbonyl (C=O) groups excluding carboxylic acids is 1. The summed E-state index contributed by atoms with van der Waals surface area (Å²) in [5, 5.41) is 0. The maximum absolute atomic E-state index is 11.4. The average molecular weight is 391 g/mol. The lowest BCUT2D eigenvalue weighted by molar-refractivity contribution is 0.0995. The number of nitrogens with one attached hydrogen (secondary N) is 1. The molecule has 0 aliphatic carbocycles. The molecule has 0 heterocycles. The van der Waals surface area contributed by atoms with Crippen LogP contribution in [0.15, 0.2) is 48.5 Å². The molecule has 0 unspecified atom stereocenters. The predicted molar refractivity (Wildman–Crippen MR) is 107 cm³/mol. The maximum Gasteiger partial charge on any atom is 0.252 e. The number of rotatable bonds is 10. The summed E-state index contributed by atoms with van der Waals surface area (Å²) in [4.78, 5) is 13.5. The average Bonchev–Trinajstić information content (AvgIpc) is 2.60. The van der Waals surface area contributed by atoms with E-state index in [4.69, 9.17) is 10.5 Å². The lowest BCUT2D eigenvalue weighted by atomic mass is 10.1. The van der Waals surface area contributed by atoms with Gasteiger partial charge in [-0.15, -0.1) is 0 Å². The van der Waals surface area contributed by atoms with Crippen molar-refractivity contribution in [3.63, 3.8) is 0 Å². The van der Waals surface area contributed by atoms with E-state index in [2.05, 4.69) is 9.62 Å². The second-order valence-corrected chi connectivity index (χ2v) is 8.08. The zero-order valence-corrected chi connectivity index (χ0v) is 16.3. The second kappa shape index (κ2) is 9.38. The number of amides is 1. The molecule has 0 bridgehead atoms. The fourth-order valence-electron chi connectivity index (χ4n) is 2.49. The van der Waals surface area contributed by atoms with E-state index in [1.807, 2.05) is 19.2 Å². The van der Waals surface area contributed by atoms with Crippen LogP contribution in [0.1, 0.15) is 15.9 Å². The number of ether oxygens (including phenoxy) is 1. The van der Waals surface area contributed by atoms with E-state index >= 15 is 0 Å². The second-order valence-electron chi connectivity index (χ2n) is 6.33. The number of carbonyl (C=O) groups is 1. The summed E-state index contributed by atoms with van der Waals surface area (Å²) in [7, 11) is -1.27. The highest BCUT2D eigenvalue weighted by atomic mass is 32.2. The molecule has 2 aromatic rings. The summed E-state index contributed by atoms with van der Waals surface area (Å²) >= 11 is 0. The molecule has 8 heteroatoms. The van der Waals surface area contributed by atoms with Crippen LogP contribution in [0.4, 0.5) is 5.69 Å². The number of sulfonamides is 1. The van der Waals surface area contributed by atoms with Crippen molar-refractivity contribution in [1.29, 1.82) is 0 Å². The Balaban J connectivity index is 1.76. The minimum Gasteiger partial charge on any atom is -0.491 e. The van der Waals surface area contributed by atoms with Gasteiger partial charge in [0.25, 0.3) is 5.91 Å². The molecule has 0 saturated carbocycles. The predicted octanol–water partition coefficient (Wildman–Crippen LogP) is 1.71. The lowest BCUT2D eigenvalue weighted by Gasteiger charge is -2.17. The highest BCUT2D eigenvalue weighted by molar-refractivity contribution is 7.92. The molecular formula is C19H25N3O4S. The number of nitrogens with zero attached hydrogens (tertiary/aromatic N) is 1. The van der Waals surface area contributed by atoms with E-state index in [1.54, 1.807) is 36.4 Å². The van der Waals surface area contributed by atoms with Crippen molar-refractivity contribution in [3.05, 3.63) is 59.7 Å². The van der Waals surface area contributed by atoms with Gasteiger partial charge in [-0.1, -0.05) is 24.3 Å². The molecule has 0 saturated heterocycles. The molecule has 7 nitrogen and oxygen atoms in total. The van der Waals surface area contributed by atoms with Crippen LogP contribution in [0.25, 0.3) is 0 Å². The molecular weight excluding hydrogens is 366 g/mol. The molecule has 0 aromatic heterocycles. The number of hydrogen-bond donors (Lipinski definition) is 2. The van der Waals surface area contributed by atoms with Gasteiger partial charge < -0.3 is 15.4 Å². The number of hydrogen-bond acceptors (Lipinski definition) is 5. The fourth-order valence-corrected chi connectivity index (χ4v) is 3.06. The Kier molecular flexibility index (Phi) is 7.20. The highest BCUT2D eigenvalue weighted by Crippen LogP contribution is 2.17. The van der Waals surface area contributed by atoms with Gasteiger partial charge >= 0.3 is 0 Å². The Morgan fingerprint density at radius 2 is 1.78 bits per heavy atom. The minimum atomic E-state index is -3.26. The lowest BCUT2D eigenvalue weighted by Crippen LogP contribution is -2.27. The molecule has 3 N–H and O–H groups in total. The first-order valence-corrected chi connectivity index (χ1v) is 10.4. The van der Waals surface area contributed by atoms with Crippen LogP contribution in [0.2, 0.25) is 0 Å². The van der Waals surface area contributed by atoms with Crippen LogP contribution in [0.5, 0.6) is 5.75 Å². The van der Waals surface area contributed by atoms with E-state index in [0.29, 0.717) is 30.2 Å². The third-order valence-corrected chi connectivity index (χ3v) is 4.53. The zero-order valence-electron chi connectivity index (χ0n) is 15.5. The van der Waals surface area contributed by atoms with Gasteiger partial charge in [0, 0.05) is 18.8 Å². The molecule has 0 atom stereocenters. The molecule has 0 fully saturated rings. The van der Waals surface area contributed by atoms with Crippen LogP contribution < -0.4 is 15.2 Å². The Bertz CT molecular complexity index is 867. The molecule has 146 valence electrons. The van der Waals surface area contributed by atoms with Crippen LogP contribution in [0, 0.1) is 0 Å². The first-order valence-electron chi connectivity index (χ1n) is 8.51. The molecule has 0 spiro atoms. The Morgan fingerprint density at radius 1 is 1.11 bits per heavy atom. The highest BCUT2D eigenvalue weighted by Gasteiger charge is 2.08. The third-order valence-electron chi connectivity index (χ3n) is 3.92. The smallest absolute Gasteiger partial charge is 0.252 e. The van der Waals surface area contributed by atoms with Gasteiger partial charge in [-0.25, -0.2) is 8.42 Å². The van der Waals surface area contributed by atoms with Crippen LogP contribution in [-0.4, -0.2) is 52.2 Å². The topological polar surface area (TPSA) is 102 Å². The first-order chi connectivity index (χ1) is 12.7. The summed E-state index contributed by atoms with van der Waals surface area (Å²) < 4.78 is 30.5. The third kappa shape index (κ3) is 7.28. The number of para-hydroxylation sites is 1. The van der Waals surface area contributed by atoms with Crippen molar-refractivity contribution in [2.24, 2.45) is 5.73 Å². The standard InChI is InChI=1S/C19H25N3O4S/c1-22(13-14-26-18-6-4-3-5-17(18)19(20)23)12-11-15-7-9-16(10-8-15)21-27(2,24)25/h3-10,21H,11-14H2,1-2H3,(H2,20,23). The monoisotopic (exact) mass is 391 g/mol. The molecule has 2 rings (SSSR count). The van der Waals surface area contributed by atoms with Crippen LogP contribution in [-0.2, 0) is 16.4 Å². The van der Waals surface area contributed by atoms with Gasteiger partial charge in [0.2, 0.25) is 10.0 Å². The Labute approximate surface area is 160 Å². The molecule has 1 amide bonds. The van der Waals surface area contributed by atoms with E-state index in [9.17, 15) is 13.2 Å². The summed E-state index contributed by atoms with van der Waals surface area (Å²) in [6.45, 7) is 1.96. The summed E-state index contributed by atoms with van der Waals surface area (Å²) in [6.07, 6.45) is 1.95. The fraction of sp³-hybridized carbons (Fsp3) is 0.316. The normalized spacial score (nSPS) is 11.4. The van der Waals surface area contributed by atoms with Crippen LogP contribution >= 0.6 is 0 Å². The molecule has 0 radical (unpaired) electrons. The Morgan fingerprint density at radius 3 is 2.41 bits per heavy atom. The van der Waals surface area contributed by atoms with Gasteiger partial charge in [0.05, 0.1) is 11.8 Å². The number of anilines is 1. The van der Waals surface area contributed by atoms with E-state index in [-0.39, 0.29) is 0 Å². The van der Waals surface area contributed by atoms with E-state index < -0.39 is 15.9 Å². The quantitative estimate of drug-likeness (QED) is 0.642. The molecule has 2 aromatic carbocycles. The first kappa shape index (κ1) is 20.7. The van der Waals surface area contributed by atoms with Crippen LogP contribution in [0.3, 0.4) is 0 Å².